The Kier molecular flexibility index (Phi) is 5.66. The summed E-state index contributed by atoms with van der Waals surface area (Å²) in [7, 11) is -2.97. The lowest BCUT2D eigenvalue weighted by molar-refractivity contribution is 0.411. The number of benzene rings is 3. The molecule has 0 bridgehead atoms. The molecular weight excluding hydrogens is 363 g/mol. The molecule has 0 spiro atoms. The summed E-state index contributed by atoms with van der Waals surface area (Å²) < 4.78 is 20.1. The van der Waals surface area contributed by atoms with Gasteiger partial charge in [0, 0.05) is 15.6 Å². The van der Waals surface area contributed by atoms with Gasteiger partial charge in [0.05, 0.1) is 5.66 Å². The van der Waals surface area contributed by atoms with Crippen molar-refractivity contribution in [3.05, 3.63) is 102 Å². The van der Waals surface area contributed by atoms with Crippen molar-refractivity contribution >= 4 is 29.4 Å². The summed E-state index contributed by atoms with van der Waals surface area (Å²) in [6.07, 6.45) is 0. The number of ether oxygens (including phenoxy) is 1. The third-order valence-corrected chi connectivity index (χ3v) is 8.11. The molecule has 0 heterocycles. The van der Waals surface area contributed by atoms with E-state index in [-0.39, 0.29) is 5.66 Å². The topological polar surface area (TPSA) is 26.3 Å². The van der Waals surface area contributed by atoms with Crippen LogP contribution >= 0.6 is 18.7 Å². The Morgan fingerprint density at radius 2 is 1.35 bits per heavy atom. The van der Waals surface area contributed by atoms with Crippen LogP contribution in [0.4, 0.5) is 0 Å². The summed E-state index contributed by atoms with van der Waals surface area (Å²) in [5.41, 5.74) is -0.386. The van der Waals surface area contributed by atoms with Crippen LogP contribution in [0.1, 0.15) is 6.92 Å². The second-order valence-corrected chi connectivity index (χ2v) is 9.59. The predicted octanol–water partition coefficient (Wildman–Crippen LogP) is 5.64. The third kappa shape index (κ3) is 3.77. The molecule has 26 heavy (non-hydrogen) atoms. The average molecular weight is 383 g/mol. The Labute approximate surface area is 159 Å². The summed E-state index contributed by atoms with van der Waals surface area (Å²) in [5, 5.41) is 2.22. The van der Waals surface area contributed by atoms with Gasteiger partial charge in [-0.1, -0.05) is 78.8 Å². The largest absolute Gasteiger partial charge is 0.462 e. The van der Waals surface area contributed by atoms with Crippen molar-refractivity contribution in [3.63, 3.8) is 0 Å². The van der Waals surface area contributed by atoms with Crippen molar-refractivity contribution in [1.29, 1.82) is 0 Å². The fourth-order valence-corrected chi connectivity index (χ4v) is 5.84. The van der Waals surface area contributed by atoms with Crippen LogP contribution in [0.2, 0.25) is 5.02 Å². The summed E-state index contributed by atoms with van der Waals surface area (Å²) in [6, 6.07) is 26.1. The molecule has 0 aromatic heterocycles. The van der Waals surface area contributed by atoms with E-state index in [2.05, 4.69) is 6.58 Å². The van der Waals surface area contributed by atoms with Gasteiger partial charge in [0.15, 0.2) is 7.14 Å². The van der Waals surface area contributed by atoms with Crippen LogP contribution in [0.5, 0.6) is 5.75 Å². The molecule has 0 aliphatic heterocycles. The normalized spacial score (nSPS) is 12.4. The van der Waals surface area contributed by atoms with Gasteiger partial charge in [0.2, 0.25) is 0 Å². The quantitative estimate of drug-likeness (QED) is 0.407. The number of halogens is 1. The van der Waals surface area contributed by atoms with Gasteiger partial charge in [-0.2, -0.15) is 0 Å². The molecule has 0 saturated heterocycles. The summed E-state index contributed by atoms with van der Waals surface area (Å²) in [6.45, 7) is 5.96. The SMILES string of the molecule is C=C(Oc1ccc(Cl)cc1)[C@@H](C)P(=O)(c1ccccc1)c1ccccc1. The molecule has 3 aromatic carbocycles. The van der Waals surface area contributed by atoms with Gasteiger partial charge in [-0.25, -0.2) is 0 Å². The molecule has 132 valence electrons. The van der Waals surface area contributed by atoms with E-state index in [0.29, 0.717) is 16.5 Å². The molecule has 2 nitrogen and oxygen atoms in total. The second-order valence-electron chi connectivity index (χ2n) is 6.03. The number of hydrogen-bond donors (Lipinski definition) is 0. The fraction of sp³-hybridized carbons (Fsp3) is 0.0909. The maximum absolute atomic E-state index is 14.2. The second kappa shape index (κ2) is 7.95. The number of rotatable bonds is 6. The van der Waals surface area contributed by atoms with E-state index in [1.807, 2.05) is 67.6 Å². The minimum Gasteiger partial charge on any atom is -0.462 e. The predicted molar refractivity (Wildman–Crippen MR) is 110 cm³/mol. The van der Waals surface area contributed by atoms with E-state index in [4.69, 9.17) is 16.3 Å². The van der Waals surface area contributed by atoms with E-state index in [9.17, 15) is 4.57 Å². The first-order valence-electron chi connectivity index (χ1n) is 8.35. The molecule has 0 radical (unpaired) electrons. The van der Waals surface area contributed by atoms with Crippen molar-refractivity contribution in [1.82, 2.24) is 0 Å². The molecule has 3 aromatic rings. The molecule has 0 fully saturated rings. The molecule has 0 aliphatic rings. The van der Waals surface area contributed by atoms with Crippen LogP contribution in [0.15, 0.2) is 97.3 Å². The Balaban J connectivity index is 1.98. The van der Waals surface area contributed by atoms with Gasteiger partial charge >= 0.3 is 0 Å². The first-order valence-corrected chi connectivity index (χ1v) is 10.5. The van der Waals surface area contributed by atoms with E-state index in [1.165, 1.54) is 0 Å². The van der Waals surface area contributed by atoms with Crippen LogP contribution in [-0.2, 0) is 4.57 Å². The number of hydrogen-bond acceptors (Lipinski definition) is 2. The van der Waals surface area contributed by atoms with Crippen molar-refractivity contribution < 1.29 is 9.30 Å². The third-order valence-electron chi connectivity index (χ3n) is 4.35. The molecule has 4 heteroatoms. The molecule has 3 rings (SSSR count). The summed E-state index contributed by atoms with van der Waals surface area (Å²) >= 11 is 5.92. The maximum atomic E-state index is 14.2. The van der Waals surface area contributed by atoms with Crippen LogP contribution in [0.25, 0.3) is 0 Å². The molecule has 0 N–H and O–H groups in total. The molecule has 0 aliphatic carbocycles. The highest BCUT2D eigenvalue weighted by Crippen LogP contribution is 2.51. The van der Waals surface area contributed by atoms with E-state index in [1.54, 1.807) is 24.3 Å². The van der Waals surface area contributed by atoms with Crippen molar-refractivity contribution in [3.8, 4) is 5.75 Å². The van der Waals surface area contributed by atoms with Crippen molar-refractivity contribution in [2.24, 2.45) is 0 Å². The lowest BCUT2D eigenvalue weighted by Gasteiger charge is -2.27. The Hall–Kier alpha value is -2.28. The van der Waals surface area contributed by atoms with Crippen LogP contribution in [0, 0.1) is 0 Å². The molecule has 0 amide bonds. The lowest BCUT2D eigenvalue weighted by Crippen LogP contribution is -2.26. The van der Waals surface area contributed by atoms with Gasteiger partial charge in [-0.3, -0.25) is 0 Å². The zero-order valence-corrected chi connectivity index (χ0v) is 16.2. The first kappa shape index (κ1) is 18.5. The first-order chi connectivity index (χ1) is 12.5. The smallest absolute Gasteiger partial charge is 0.153 e. The summed E-state index contributed by atoms with van der Waals surface area (Å²) in [5.74, 6) is 1.09. The maximum Gasteiger partial charge on any atom is 0.153 e. The summed E-state index contributed by atoms with van der Waals surface area (Å²) in [4.78, 5) is 0. The monoisotopic (exact) mass is 382 g/mol. The highest BCUT2D eigenvalue weighted by atomic mass is 35.5. The molecule has 1 atom stereocenters. The van der Waals surface area contributed by atoms with E-state index >= 15 is 0 Å². The standard InChI is InChI=1S/C22H20ClO2P/c1-17(25-20-15-13-19(23)14-16-20)18(2)26(24,21-9-5-3-6-10-21)22-11-7-4-8-12-22/h3-16,18H,1H2,2H3/t18-/m1/s1. The number of allylic oxidation sites excluding steroid dienone is 1. The van der Waals surface area contributed by atoms with Crippen LogP contribution in [0.3, 0.4) is 0 Å². The Morgan fingerprint density at radius 1 is 0.885 bits per heavy atom. The zero-order chi connectivity index (χ0) is 18.6. The van der Waals surface area contributed by atoms with Gasteiger partial charge in [-0.05, 0) is 31.2 Å². The van der Waals surface area contributed by atoms with Gasteiger partial charge in [0.25, 0.3) is 0 Å². The minimum absolute atomic E-state index is 0.386. The van der Waals surface area contributed by atoms with Crippen LogP contribution < -0.4 is 15.3 Å². The molecule has 0 unspecified atom stereocenters. The Bertz CT molecular complexity index is 878. The van der Waals surface area contributed by atoms with E-state index < -0.39 is 7.14 Å². The van der Waals surface area contributed by atoms with Crippen molar-refractivity contribution in [2.75, 3.05) is 0 Å². The van der Waals surface area contributed by atoms with Crippen LogP contribution in [-0.4, -0.2) is 5.66 Å². The van der Waals surface area contributed by atoms with E-state index in [0.717, 1.165) is 10.6 Å². The average Bonchev–Trinajstić information content (AvgIpc) is 2.70. The fourth-order valence-electron chi connectivity index (χ4n) is 2.84. The highest BCUT2D eigenvalue weighted by Gasteiger charge is 2.36. The lowest BCUT2D eigenvalue weighted by atomic mass is 10.3. The molecule has 0 saturated carbocycles. The zero-order valence-electron chi connectivity index (χ0n) is 14.5. The van der Waals surface area contributed by atoms with Gasteiger partial charge < -0.3 is 9.30 Å². The highest BCUT2D eigenvalue weighted by molar-refractivity contribution is 7.79. The minimum atomic E-state index is -2.97. The van der Waals surface area contributed by atoms with Gasteiger partial charge in [0.1, 0.15) is 11.5 Å². The Morgan fingerprint density at radius 3 is 1.81 bits per heavy atom. The van der Waals surface area contributed by atoms with Crippen molar-refractivity contribution in [2.45, 2.75) is 12.6 Å². The molecular formula is C22H20ClO2P. The van der Waals surface area contributed by atoms with Gasteiger partial charge in [-0.15, -0.1) is 0 Å².